The molecule has 2 aliphatic rings. The van der Waals surface area contributed by atoms with Crippen molar-refractivity contribution in [2.45, 2.75) is 37.2 Å². The van der Waals surface area contributed by atoms with Gasteiger partial charge in [-0.1, -0.05) is 42.5 Å². The highest BCUT2D eigenvalue weighted by Gasteiger charge is 2.39. The van der Waals surface area contributed by atoms with Crippen LogP contribution in [0.2, 0.25) is 0 Å². The maximum absolute atomic E-state index is 14.2. The van der Waals surface area contributed by atoms with Crippen LogP contribution in [-0.4, -0.2) is 104 Å². The molecule has 2 aliphatic heterocycles. The predicted octanol–water partition coefficient (Wildman–Crippen LogP) is 4.52. The van der Waals surface area contributed by atoms with Crippen molar-refractivity contribution in [2.75, 3.05) is 69.7 Å². The fourth-order valence-corrected chi connectivity index (χ4v) is 8.52. The number of piperazine rings is 1. The van der Waals surface area contributed by atoms with Crippen LogP contribution in [0.5, 0.6) is 0 Å². The molecule has 0 radical (unpaired) electrons. The maximum atomic E-state index is 14.2. The van der Waals surface area contributed by atoms with Gasteiger partial charge < -0.3 is 14.7 Å². The molecule has 0 bridgehead atoms. The normalized spacial score (nSPS) is 16.7. The number of pyridine rings is 1. The van der Waals surface area contributed by atoms with Crippen LogP contribution in [0.1, 0.15) is 24.0 Å². The van der Waals surface area contributed by atoms with Crippen molar-refractivity contribution in [2.24, 2.45) is 0 Å². The smallest absolute Gasteiger partial charge is 0.289 e. The fraction of sp³-hybridized carbons (Fsp3) is 0.389. The summed E-state index contributed by atoms with van der Waals surface area (Å²) in [5, 5.41) is 12.8. The van der Waals surface area contributed by atoms with Gasteiger partial charge in [0.1, 0.15) is 5.82 Å². The molecule has 2 saturated heterocycles. The van der Waals surface area contributed by atoms with E-state index in [4.69, 9.17) is 4.98 Å². The second kappa shape index (κ2) is 14.6. The van der Waals surface area contributed by atoms with E-state index in [9.17, 15) is 23.3 Å². The average Bonchev–Trinajstić information content (AvgIpc) is 3.11. The number of hydrogen-bond donors (Lipinski definition) is 0. The van der Waals surface area contributed by atoms with Crippen molar-refractivity contribution in [1.29, 1.82) is 0 Å². The largest absolute Gasteiger partial charge is 0.354 e. The molecule has 1 amide bonds. The first-order chi connectivity index (χ1) is 23.5. The van der Waals surface area contributed by atoms with E-state index >= 15 is 0 Å². The van der Waals surface area contributed by atoms with Crippen LogP contribution < -0.4 is 9.80 Å². The van der Waals surface area contributed by atoms with Gasteiger partial charge >= 0.3 is 0 Å². The molecule has 0 saturated carbocycles. The number of piperidine rings is 1. The molecule has 3 aromatic carbocycles. The number of hydrogen-bond acceptors (Lipinski definition) is 9. The van der Waals surface area contributed by atoms with E-state index in [1.54, 1.807) is 7.05 Å². The number of aromatic nitrogens is 1. The Bertz CT molecular complexity index is 1930. The Balaban J connectivity index is 1.24. The predicted molar refractivity (Wildman–Crippen MR) is 191 cm³/mol. The van der Waals surface area contributed by atoms with Crippen LogP contribution >= 0.6 is 0 Å². The molecule has 49 heavy (non-hydrogen) atoms. The molecule has 0 unspecified atom stereocenters. The Morgan fingerprint density at radius 3 is 2.31 bits per heavy atom. The number of carbonyl (C=O) groups excluding carboxylic acids is 1. The Labute approximate surface area is 287 Å². The van der Waals surface area contributed by atoms with Gasteiger partial charge in [-0.2, -0.15) is 4.31 Å². The van der Waals surface area contributed by atoms with E-state index < -0.39 is 44.0 Å². The molecule has 12 nitrogen and oxygen atoms in total. The molecule has 0 spiro atoms. The van der Waals surface area contributed by atoms with Gasteiger partial charge in [0, 0.05) is 76.0 Å². The lowest BCUT2D eigenvalue weighted by Crippen LogP contribution is -2.50. The summed E-state index contributed by atoms with van der Waals surface area (Å²) in [5.41, 5.74) is 3.11. The second-order valence-corrected chi connectivity index (χ2v) is 14.9. The maximum Gasteiger partial charge on any atom is 0.289 e. The van der Waals surface area contributed by atoms with Crippen LogP contribution in [0, 0.1) is 17.0 Å². The summed E-state index contributed by atoms with van der Waals surface area (Å²) in [7, 11) is -0.671. The SMILES string of the molecule is Cc1cc(N2CCN(C)CC2)nc2ccc(N(C)C(=O)CN(C3CCN(Cc4ccccc4)CC3)S(=O)(=O)c3ccccc3[N+](=O)[O-])cc12. The number of benzene rings is 3. The monoisotopic (exact) mass is 685 g/mol. The number of aryl methyl sites for hydroxylation is 1. The van der Waals surface area contributed by atoms with E-state index in [0.29, 0.717) is 31.6 Å². The van der Waals surface area contributed by atoms with Gasteiger partial charge in [-0.25, -0.2) is 13.4 Å². The van der Waals surface area contributed by atoms with Crippen LogP contribution in [0.3, 0.4) is 0 Å². The number of nitro groups is 1. The van der Waals surface area contributed by atoms with E-state index in [0.717, 1.165) is 55.0 Å². The van der Waals surface area contributed by atoms with Gasteiger partial charge in [0.15, 0.2) is 4.90 Å². The number of anilines is 2. The molecule has 13 heteroatoms. The molecule has 2 fully saturated rings. The molecule has 0 atom stereocenters. The number of amides is 1. The van der Waals surface area contributed by atoms with Gasteiger partial charge in [0.05, 0.1) is 17.0 Å². The lowest BCUT2D eigenvalue weighted by molar-refractivity contribution is -0.387. The summed E-state index contributed by atoms with van der Waals surface area (Å²) in [6, 6.07) is 22.6. The highest BCUT2D eigenvalue weighted by Crippen LogP contribution is 2.32. The Morgan fingerprint density at radius 2 is 1.61 bits per heavy atom. The minimum absolute atomic E-state index is 0.411. The van der Waals surface area contributed by atoms with Crippen molar-refractivity contribution in [3.8, 4) is 0 Å². The summed E-state index contributed by atoms with van der Waals surface area (Å²) in [4.78, 5) is 38.0. The molecule has 0 N–H and O–H groups in total. The molecule has 1 aromatic heterocycles. The lowest BCUT2D eigenvalue weighted by atomic mass is 10.0. The van der Waals surface area contributed by atoms with Gasteiger partial charge in [0.25, 0.3) is 15.7 Å². The van der Waals surface area contributed by atoms with Crippen LogP contribution in [0.4, 0.5) is 17.2 Å². The van der Waals surface area contributed by atoms with Crippen molar-refractivity contribution >= 4 is 44.0 Å². The van der Waals surface area contributed by atoms with E-state index in [-0.39, 0.29) is 0 Å². The Kier molecular flexibility index (Phi) is 10.3. The molecular weight excluding hydrogens is 643 g/mol. The standard InChI is InChI=1S/C36H43N7O5S/c1-27-23-35(41-21-19-38(2)20-22-41)37-32-14-13-30(24-31(27)32)39(3)36(44)26-42(49(47,48)34-12-8-7-11-33(34)43(45)46)29-15-17-40(18-16-29)25-28-9-5-4-6-10-28/h4-14,23-24,29H,15-22,25-26H2,1-3H3. The van der Waals surface area contributed by atoms with Crippen LogP contribution in [0.15, 0.2) is 83.8 Å². The number of nitro benzene ring substituents is 1. The summed E-state index contributed by atoms with van der Waals surface area (Å²) < 4.78 is 29.7. The quantitative estimate of drug-likeness (QED) is 0.175. The molecule has 4 aromatic rings. The molecular formula is C36H43N7O5S. The number of likely N-dealkylation sites (N-methyl/N-ethyl adjacent to an activating group) is 2. The minimum atomic E-state index is -4.42. The zero-order valence-corrected chi connectivity index (χ0v) is 29.1. The van der Waals surface area contributed by atoms with Crippen LogP contribution in [-0.2, 0) is 21.4 Å². The first-order valence-corrected chi connectivity index (χ1v) is 18.1. The first kappa shape index (κ1) is 34.4. The summed E-state index contributed by atoms with van der Waals surface area (Å²) >= 11 is 0. The zero-order chi connectivity index (χ0) is 34.7. The second-order valence-electron chi connectivity index (χ2n) is 13.0. The molecule has 0 aliphatic carbocycles. The van der Waals surface area contributed by atoms with E-state index in [2.05, 4.69) is 39.9 Å². The zero-order valence-electron chi connectivity index (χ0n) is 28.2. The van der Waals surface area contributed by atoms with Gasteiger partial charge in [-0.3, -0.25) is 19.8 Å². The number of carbonyl (C=O) groups is 1. The number of para-hydroxylation sites is 1. The van der Waals surface area contributed by atoms with Gasteiger partial charge in [-0.05, 0) is 68.3 Å². The third-order valence-electron chi connectivity index (χ3n) is 9.73. The van der Waals surface area contributed by atoms with Gasteiger partial charge in [0.2, 0.25) is 5.91 Å². The third kappa shape index (κ3) is 7.59. The van der Waals surface area contributed by atoms with Crippen molar-refractivity contribution in [1.82, 2.24) is 19.1 Å². The van der Waals surface area contributed by atoms with Crippen molar-refractivity contribution < 1.29 is 18.1 Å². The number of rotatable bonds is 10. The van der Waals surface area contributed by atoms with Crippen molar-refractivity contribution in [3.05, 3.63) is 100 Å². The van der Waals surface area contributed by atoms with Gasteiger partial charge in [-0.15, -0.1) is 0 Å². The Morgan fingerprint density at radius 1 is 0.939 bits per heavy atom. The van der Waals surface area contributed by atoms with Crippen LogP contribution in [0.25, 0.3) is 10.9 Å². The summed E-state index contributed by atoms with van der Waals surface area (Å²) in [6.45, 7) is 7.32. The fourth-order valence-electron chi connectivity index (χ4n) is 6.72. The highest BCUT2D eigenvalue weighted by atomic mass is 32.2. The number of sulfonamides is 1. The third-order valence-corrected chi connectivity index (χ3v) is 11.7. The first-order valence-electron chi connectivity index (χ1n) is 16.6. The summed E-state index contributed by atoms with van der Waals surface area (Å²) in [6.07, 6.45) is 0.973. The molecule has 258 valence electrons. The molecule has 3 heterocycles. The average molecular weight is 686 g/mol. The summed E-state index contributed by atoms with van der Waals surface area (Å²) in [5.74, 6) is 0.494. The number of nitrogens with zero attached hydrogens (tertiary/aromatic N) is 7. The lowest BCUT2D eigenvalue weighted by Gasteiger charge is -2.38. The van der Waals surface area contributed by atoms with E-state index in [1.807, 2.05) is 43.3 Å². The van der Waals surface area contributed by atoms with E-state index in [1.165, 1.54) is 39.0 Å². The topological polar surface area (TPSA) is 123 Å². The van der Waals surface area contributed by atoms with Crippen molar-refractivity contribution in [3.63, 3.8) is 0 Å². The highest BCUT2D eigenvalue weighted by molar-refractivity contribution is 7.89. The Hall–Kier alpha value is -4.43. The number of fused-ring (bicyclic) bond motifs is 1. The minimum Gasteiger partial charge on any atom is -0.354 e. The molecule has 6 rings (SSSR count). The number of likely N-dealkylation sites (tertiary alicyclic amines) is 1.